The van der Waals surface area contributed by atoms with Crippen LogP contribution in [0.5, 0.6) is 0 Å². The van der Waals surface area contributed by atoms with Crippen LogP contribution in [-0.2, 0) is 0 Å². The molecule has 1 aliphatic rings. The molecule has 0 bridgehead atoms. The summed E-state index contributed by atoms with van der Waals surface area (Å²) in [4.78, 5) is 0. The van der Waals surface area contributed by atoms with E-state index in [-0.39, 0.29) is 0 Å². The Bertz CT molecular complexity index is 599. The second kappa shape index (κ2) is 14.1. The third-order valence-corrected chi connectivity index (χ3v) is 4.09. The molecule has 1 heterocycles. The van der Waals surface area contributed by atoms with Gasteiger partial charge in [0.25, 0.3) is 0 Å². The van der Waals surface area contributed by atoms with Gasteiger partial charge in [-0.25, -0.2) is 4.68 Å². The molecule has 1 saturated carbocycles. The van der Waals surface area contributed by atoms with Crippen molar-refractivity contribution < 1.29 is 0 Å². The third kappa shape index (κ3) is 8.33. The molecule has 2 aromatic rings. The number of nitrogens with two attached hydrogens (primary N) is 2. The third-order valence-electron chi connectivity index (χ3n) is 4.09. The zero-order valence-electron chi connectivity index (χ0n) is 16.9. The number of hydrogen-bond donors (Lipinski definition) is 2. The van der Waals surface area contributed by atoms with E-state index in [0.717, 1.165) is 16.9 Å². The molecule has 0 amide bonds. The van der Waals surface area contributed by atoms with Crippen molar-refractivity contribution in [2.45, 2.75) is 72.4 Å². The summed E-state index contributed by atoms with van der Waals surface area (Å²) in [5, 5.41) is 4.29. The first kappa shape index (κ1) is 23.9. The van der Waals surface area contributed by atoms with Crippen LogP contribution in [0.15, 0.2) is 30.5 Å². The fourth-order valence-corrected chi connectivity index (χ4v) is 1.99. The van der Waals surface area contributed by atoms with E-state index >= 15 is 0 Å². The fourth-order valence-electron chi connectivity index (χ4n) is 1.99. The zero-order chi connectivity index (χ0) is 19.9. The molecule has 1 fully saturated rings. The Labute approximate surface area is 160 Å². The number of aromatic nitrogens is 2. The molecule has 26 heavy (non-hydrogen) atoms. The average Bonchev–Trinajstić information content (AvgIpc) is 2.98. The van der Waals surface area contributed by atoms with Crippen LogP contribution in [0.3, 0.4) is 0 Å². The number of unbranched alkanes of at least 4 members (excludes halogenated alkanes) is 1. The lowest BCUT2D eigenvalue weighted by Crippen LogP contribution is -2.24. The van der Waals surface area contributed by atoms with Gasteiger partial charge in [0.1, 0.15) is 0 Å². The van der Waals surface area contributed by atoms with Crippen LogP contribution in [0.25, 0.3) is 5.69 Å². The van der Waals surface area contributed by atoms with Crippen molar-refractivity contribution >= 4 is 0 Å². The van der Waals surface area contributed by atoms with Crippen molar-refractivity contribution in [2.24, 2.45) is 11.5 Å². The molecule has 0 atom stereocenters. The Balaban J connectivity index is 0.000000515. The van der Waals surface area contributed by atoms with Crippen molar-refractivity contribution in [3.05, 3.63) is 47.3 Å². The van der Waals surface area contributed by atoms with Crippen LogP contribution in [-0.4, -0.2) is 9.78 Å². The van der Waals surface area contributed by atoms with Gasteiger partial charge in [-0.1, -0.05) is 70.1 Å². The highest BCUT2D eigenvalue weighted by atomic mass is 15.3. The number of rotatable bonds is 3. The van der Waals surface area contributed by atoms with E-state index in [2.05, 4.69) is 31.8 Å². The molecule has 0 unspecified atom stereocenters. The Morgan fingerprint density at radius 1 is 0.962 bits per heavy atom. The minimum atomic E-state index is -0.510. The molecule has 4 heteroatoms. The maximum absolute atomic E-state index is 5.74. The lowest BCUT2D eigenvalue weighted by atomic mass is 10.0. The lowest BCUT2D eigenvalue weighted by Gasteiger charge is -2.11. The summed E-state index contributed by atoms with van der Waals surface area (Å²) in [7, 11) is 0. The minimum Gasteiger partial charge on any atom is -0.311 e. The Hall–Kier alpha value is -2.09. The predicted octanol–water partition coefficient (Wildman–Crippen LogP) is 5.02. The van der Waals surface area contributed by atoms with Crippen molar-refractivity contribution in [2.75, 3.05) is 0 Å². The molecular formula is C22H36N4. The van der Waals surface area contributed by atoms with Gasteiger partial charge in [-0.05, 0) is 31.5 Å². The summed E-state index contributed by atoms with van der Waals surface area (Å²) in [5.41, 5.74) is 15.5. The maximum atomic E-state index is 5.74. The van der Waals surface area contributed by atoms with Gasteiger partial charge in [0.05, 0.1) is 23.7 Å². The van der Waals surface area contributed by atoms with E-state index in [1.807, 2.05) is 38.1 Å². The minimum absolute atomic E-state index is 0.510. The van der Waals surface area contributed by atoms with Crippen LogP contribution in [0.4, 0.5) is 0 Å². The Morgan fingerprint density at radius 3 is 1.77 bits per heavy atom. The summed E-state index contributed by atoms with van der Waals surface area (Å²) in [6.45, 7) is 8.37. The number of benzene rings is 1. The monoisotopic (exact) mass is 356 g/mol. The molecule has 1 aromatic carbocycles. The summed E-state index contributed by atoms with van der Waals surface area (Å²) in [5.74, 6) is 0. The van der Waals surface area contributed by atoms with Gasteiger partial charge in [0, 0.05) is 0 Å². The quantitative estimate of drug-likeness (QED) is 0.599. The topological polar surface area (TPSA) is 69.9 Å². The van der Waals surface area contributed by atoms with Crippen LogP contribution in [0.1, 0.15) is 75.4 Å². The average molecular weight is 357 g/mol. The number of aryl methyl sites for hydroxylation is 2. The molecule has 4 nitrogen and oxygen atoms in total. The molecule has 3 rings (SSSR count). The fraction of sp³-hybridized carbons (Fsp3) is 0.500. The standard InChI is InChI=1S/C12H16N4.C4H8.C4H10.C2H2/c1-8-3-5-10(6-4-8)16-11(12(13)14)9(2)7-15-16;1-2-4-3-1;1-3-4-2;1-2/h3-7,12H,13-14H2,1-2H3;1-4H2;3-4H2,1-2H3;1-2H. The Morgan fingerprint density at radius 2 is 1.42 bits per heavy atom. The van der Waals surface area contributed by atoms with Crippen LogP contribution in [0.2, 0.25) is 0 Å². The molecule has 1 aliphatic carbocycles. The molecule has 0 aliphatic heterocycles. The molecular weight excluding hydrogens is 320 g/mol. The van der Waals surface area contributed by atoms with E-state index in [1.165, 1.54) is 44.1 Å². The highest BCUT2D eigenvalue weighted by Gasteiger charge is 2.12. The Kier molecular flexibility index (Phi) is 13.0. The molecule has 0 spiro atoms. The van der Waals surface area contributed by atoms with Gasteiger partial charge >= 0.3 is 0 Å². The smallest absolute Gasteiger partial charge is 0.0964 e. The second-order valence-electron chi connectivity index (χ2n) is 6.40. The molecule has 4 N–H and O–H groups in total. The highest BCUT2D eigenvalue weighted by Crippen LogP contribution is 2.17. The molecule has 0 radical (unpaired) electrons. The van der Waals surface area contributed by atoms with Crippen molar-refractivity contribution in [3.63, 3.8) is 0 Å². The lowest BCUT2D eigenvalue weighted by molar-refractivity contribution is 0.504. The first-order chi connectivity index (χ1) is 12.5. The largest absolute Gasteiger partial charge is 0.311 e. The summed E-state index contributed by atoms with van der Waals surface area (Å²) >= 11 is 0. The summed E-state index contributed by atoms with van der Waals surface area (Å²) in [6.07, 6.45) is 17.9. The van der Waals surface area contributed by atoms with Gasteiger partial charge in [-0.15, -0.1) is 12.8 Å². The summed E-state index contributed by atoms with van der Waals surface area (Å²) < 4.78 is 1.79. The van der Waals surface area contributed by atoms with Crippen LogP contribution >= 0.6 is 0 Å². The highest BCUT2D eigenvalue weighted by molar-refractivity contribution is 5.37. The maximum Gasteiger partial charge on any atom is 0.0964 e. The van der Waals surface area contributed by atoms with E-state index in [9.17, 15) is 0 Å². The predicted molar refractivity (Wildman–Crippen MR) is 113 cm³/mol. The van der Waals surface area contributed by atoms with Gasteiger partial charge in [-0.2, -0.15) is 5.10 Å². The van der Waals surface area contributed by atoms with E-state index in [0.29, 0.717) is 0 Å². The van der Waals surface area contributed by atoms with E-state index < -0.39 is 6.17 Å². The molecule has 144 valence electrons. The first-order valence-corrected chi connectivity index (χ1v) is 9.47. The normalized spacial score (nSPS) is 11.7. The zero-order valence-corrected chi connectivity index (χ0v) is 16.9. The SMILES string of the molecule is C#C.C1CCC1.CCCC.Cc1ccc(-n2ncc(C)c2C(N)N)cc1. The second-order valence-corrected chi connectivity index (χ2v) is 6.40. The number of terminal acetylenes is 1. The van der Waals surface area contributed by atoms with Crippen molar-refractivity contribution in [1.82, 2.24) is 9.78 Å². The number of hydrogen-bond acceptors (Lipinski definition) is 3. The van der Waals surface area contributed by atoms with Gasteiger partial charge in [0.2, 0.25) is 0 Å². The number of nitrogens with zero attached hydrogens (tertiary/aromatic N) is 2. The van der Waals surface area contributed by atoms with E-state index in [4.69, 9.17) is 11.5 Å². The van der Waals surface area contributed by atoms with Crippen molar-refractivity contribution in [3.8, 4) is 18.5 Å². The summed E-state index contributed by atoms with van der Waals surface area (Å²) in [6, 6.07) is 8.09. The van der Waals surface area contributed by atoms with Crippen molar-refractivity contribution in [1.29, 1.82) is 0 Å². The van der Waals surface area contributed by atoms with E-state index in [1.54, 1.807) is 10.9 Å². The van der Waals surface area contributed by atoms with Gasteiger partial charge < -0.3 is 11.5 Å². The van der Waals surface area contributed by atoms with Gasteiger partial charge in [-0.3, -0.25) is 0 Å². The molecule has 1 aromatic heterocycles. The van der Waals surface area contributed by atoms with Crippen LogP contribution in [0, 0.1) is 26.7 Å². The first-order valence-electron chi connectivity index (χ1n) is 9.47. The molecule has 0 saturated heterocycles. The van der Waals surface area contributed by atoms with Crippen LogP contribution < -0.4 is 11.5 Å². The van der Waals surface area contributed by atoms with Gasteiger partial charge in [0.15, 0.2) is 0 Å².